The first-order valence-electron chi connectivity index (χ1n) is 3.81. The minimum atomic E-state index is 0.396. The van der Waals surface area contributed by atoms with Gasteiger partial charge in [0, 0.05) is 6.20 Å². The molecule has 0 unspecified atom stereocenters. The maximum atomic E-state index is 5.06. The summed E-state index contributed by atoms with van der Waals surface area (Å²) in [5, 5.41) is 3.19. The lowest BCUT2D eigenvalue weighted by molar-refractivity contribution is 0.998. The van der Waals surface area contributed by atoms with E-state index in [-0.39, 0.29) is 0 Å². The van der Waals surface area contributed by atoms with Crippen molar-refractivity contribution in [2.75, 3.05) is 0 Å². The first kappa shape index (κ1) is 9.70. The van der Waals surface area contributed by atoms with Gasteiger partial charge in [-0.15, -0.1) is 0 Å². The van der Waals surface area contributed by atoms with E-state index in [4.69, 9.17) is 18.1 Å². The van der Waals surface area contributed by atoms with Crippen molar-refractivity contribution in [1.82, 2.24) is 10.7 Å². The van der Waals surface area contributed by atoms with Crippen LogP contribution in [0, 0.1) is 0 Å². The molecule has 4 heteroatoms. The number of hydrazine groups is 1. The lowest BCUT2D eigenvalue weighted by Gasteiger charge is -1.99. The summed E-state index contributed by atoms with van der Waals surface area (Å²) in [5.41, 5.74) is 3.43. The summed E-state index contributed by atoms with van der Waals surface area (Å²) in [4.78, 5) is 0. The molecule has 1 aromatic carbocycles. The number of hydrogen-bond acceptors (Lipinski definition) is 2. The molecule has 0 aliphatic rings. The van der Waals surface area contributed by atoms with Crippen molar-refractivity contribution in [3.05, 3.63) is 42.1 Å². The number of hydrogen-bond donors (Lipinski definition) is 3. The van der Waals surface area contributed by atoms with Gasteiger partial charge in [-0.2, -0.15) is 0 Å². The zero-order chi connectivity index (χ0) is 9.52. The zero-order valence-corrected chi connectivity index (χ0v) is 7.84. The molecule has 0 saturated heterocycles. The van der Waals surface area contributed by atoms with Crippen LogP contribution in [0.5, 0.6) is 0 Å². The molecule has 0 radical (unpaired) electrons. The van der Waals surface area contributed by atoms with Crippen molar-refractivity contribution in [2.45, 2.75) is 0 Å². The third kappa shape index (κ3) is 3.68. The van der Waals surface area contributed by atoms with E-state index in [9.17, 15) is 0 Å². The number of nitrogens with two attached hydrogens (primary N) is 1. The molecule has 0 amide bonds. The first-order chi connectivity index (χ1) is 6.33. The standard InChI is InChI=1S/C9H11N3S/c10-12-9(13)11-7-6-8-4-2-1-3-5-8/h1-7H,10H2,(H2,11,12,13). The van der Waals surface area contributed by atoms with E-state index in [0.717, 1.165) is 5.56 Å². The minimum absolute atomic E-state index is 0.396. The van der Waals surface area contributed by atoms with E-state index in [0.29, 0.717) is 5.11 Å². The quantitative estimate of drug-likeness (QED) is 0.372. The van der Waals surface area contributed by atoms with Gasteiger partial charge in [0.05, 0.1) is 0 Å². The summed E-state index contributed by atoms with van der Waals surface area (Å²) in [6, 6.07) is 9.91. The average Bonchev–Trinajstić information content (AvgIpc) is 2.19. The Hall–Kier alpha value is -1.39. The third-order valence-electron chi connectivity index (χ3n) is 1.42. The second-order valence-electron chi connectivity index (χ2n) is 2.36. The van der Waals surface area contributed by atoms with E-state index in [1.54, 1.807) is 6.20 Å². The molecule has 68 valence electrons. The van der Waals surface area contributed by atoms with Crippen LogP contribution in [0.3, 0.4) is 0 Å². The van der Waals surface area contributed by atoms with Crippen molar-refractivity contribution in [3.8, 4) is 0 Å². The molecule has 0 spiro atoms. The number of thiocarbonyl (C=S) groups is 1. The van der Waals surface area contributed by atoms with Crippen LogP contribution in [0.4, 0.5) is 0 Å². The SMILES string of the molecule is NNC(=S)NC=Cc1ccccc1. The molecule has 0 fully saturated rings. The van der Waals surface area contributed by atoms with Gasteiger partial charge in [0.2, 0.25) is 0 Å². The van der Waals surface area contributed by atoms with Gasteiger partial charge < -0.3 is 10.7 Å². The second kappa shape index (κ2) is 5.29. The Labute approximate surface area is 82.6 Å². The normalized spacial score (nSPS) is 9.92. The van der Waals surface area contributed by atoms with Gasteiger partial charge in [0.15, 0.2) is 5.11 Å². The lowest BCUT2D eigenvalue weighted by atomic mass is 10.2. The van der Waals surface area contributed by atoms with Crippen LogP contribution in [0.1, 0.15) is 5.56 Å². The molecule has 3 nitrogen and oxygen atoms in total. The Bertz CT molecular complexity index is 295. The van der Waals surface area contributed by atoms with Crippen LogP contribution in [0.2, 0.25) is 0 Å². The van der Waals surface area contributed by atoms with Gasteiger partial charge >= 0.3 is 0 Å². The second-order valence-corrected chi connectivity index (χ2v) is 2.77. The van der Waals surface area contributed by atoms with Gasteiger partial charge in [-0.1, -0.05) is 30.3 Å². The summed E-state index contributed by atoms with van der Waals surface area (Å²) in [6.45, 7) is 0. The molecular formula is C9H11N3S. The van der Waals surface area contributed by atoms with Crippen molar-refractivity contribution in [3.63, 3.8) is 0 Å². The number of rotatable bonds is 2. The van der Waals surface area contributed by atoms with E-state index in [2.05, 4.69) is 10.7 Å². The first-order valence-corrected chi connectivity index (χ1v) is 4.22. The summed E-state index contributed by atoms with van der Waals surface area (Å²) in [6.07, 6.45) is 3.64. The van der Waals surface area contributed by atoms with Gasteiger partial charge in [-0.3, -0.25) is 0 Å². The fraction of sp³-hybridized carbons (Fsp3) is 0. The van der Waals surface area contributed by atoms with Gasteiger partial charge in [-0.05, 0) is 23.9 Å². The average molecular weight is 193 g/mol. The summed E-state index contributed by atoms with van der Waals surface area (Å²) in [5.74, 6) is 5.06. The van der Waals surface area contributed by atoms with Crippen molar-refractivity contribution >= 4 is 23.4 Å². The summed E-state index contributed by atoms with van der Waals surface area (Å²) < 4.78 is 0. The smallest absolute Gasteiger partial charge is 0.184 e. The van der Waals surface area contributed by atoms with Crippen LogP contribution < -0.4 is 16.6 Å². The molecule has 13 heavy (non-hydrogen) atoms. The highest BCUT2D eigenvalue weighted by Gasteiger charge is 1.84. The fourth-order valence-corrected chi connectivity index (χ4v) is 0.887. The highest BCUT2D eigenvalue weighted by atomic mass is 32.1. The van der Waals surface area contributed by atoms with E-state index < -0.39 is 0 Å². The minimum Gasteiger partial charge on any atom is -0.338 e. The molecule has 0 atom stereocenters. The molecule has 1 aromatic rings. The number of benzene rings is 1. The predicted octanol–water partition coefficient (Wildman–Crippen LogP) is 0.995. The van der Waals surface area contributed by atoms with Crippen LogP contribution in [0.15, 0.2) is 36.5 Å². The molecule has 1 rings (SSSR count). The lowest BCUT2D eigenvalue weighted by Crippen LogP contribution is -2.36. The van der Waals surface area contributed by atoms with Crippen LogP contribution >= 0.6 is 12.2 Å². The Morgan fingerprint density at radius 1 is 1.31 bits per heavy atom. The summed E-state index contributed by atoms with van der Waals surface area (Å²) in [7, 11) is 0. The number of nitrogens with one attached hydrogen (secondary N) is 2. The Balaban J connectivity index is 2.45. The van der Waals surface area contributed by atoms with E-state index in [1.165, 1.54) is 0 Å². The topological polar surface area (TPSA) is 50.1 Å². The zero-order valence-electron chi connectivity index (χ0n) is 7.03. The van der Waals surface area contributed by atoms with Crippen LogP contribution in [0.25, 0.3) is 6.08 Å². The Morgan fingerprint density at radius 3 is 2.62 bits per heavy atom. The molecule has 0 bridgehead atoms. The molecule has 0 aliphatic carbocycles. The third-order valence-corrected chi connectivity index (χ3v) is 1.66. The van der Waals surface area contributed by atoms with Gasteiger partial charge in [0.25, 0.3) is 0 Å². The van der Waals surface area contributed by atoms with Gasteiger partial charge in [0.1, 0.15) is 0 Å². The van der Waals surface area contributed by atoms with Crippen molar-refractivity contribution in [1.29, 1.82) is 0 Å². The van der Waals surface area contributed by atoms with Crippen LogP contribution in [-0.4, -0.2) is 5.11 Å². The molecule has 0 aromatic heterocycles. The van der Waals surface area contributed by atoms with Gasteiger partial charge in [-0.25, -0.2) is 5.84 Å². The molecule has 0 aliphatic heterocycles. The largest absolute Gasteiger partial charge is 0.338 e. The maximum Gasteiger partial charge on any atom is 0.184 e. The molecule has 4 N–H and O–H groups in total. The van der Waals surface area contributed by atoms with Crippen molar-refractivity contribution in [2.24, 2.45) is 5.84 Å². The maximum absolute atomic E-state index is 5.06. The monoisotopic (exact) mass is 193 g/mol. The Morgan fingerprint density at radius 2 is 2.00 bits per heavy atom. The summed E-state index contributed by atoms with van der Waals surface area (Å²) >= 11 is 4.77. The molecule has 0 heterocycles. The predicted molar refractivity (Wildman–Crippen MR) is 58.5 cm³/mol. The molecular weight excluding hydrogens is 182 g/mol. The highest BCUT2D eigenvalue weighted by Crippen LogP contribution is 1.99. The van der Waals surface area contributed by atoms with E-state index >= 15 is 0 Å². The highest BCUT2D eigenvalue weighted by molar-refractivity contribution is 7.80. The fourth-order valence-electron chi connectivity index (χ4n) is 0.819. The van der Waals surface area contributed by atoms with E-state index in [1.807, 2.05) is 36.4 Å². The Kier molecular flexibility index (Phi) is 3.95. The van der Waals surface area contributed by atoms with Crippen molar-refractivity contribution < 1.29 is 0 Å². The molecule has 0 saturated carbocycles. The van der Waals surface area contributed by atoms with Crippen LogP contribution in [-0.2, 0) is 0 Å².